The molecule has 2 aromatic rings. The number of fused-ring (bicyclic) bond motifs is 1. The summed E-state index contributed by atoms with van der Waals surface area (Å²) in [7, 11) is 0. The van der Waals surface area contributed by atoms with E-state index in [1.165, 1.54) is 23.9 Å². The zero-order chi connectivity index (χ0) is 20.0. The van der Waals surface area contributed by atoms with Gasteiger partial charge in [0.1, 0.15) is 5.75 Å². The minimum Gasteiger partial charge on any atom is -0.479 e. The van der Waals surface area contributed by atoms with Crippen molar-refractivity contribution in [3.8, 4) is 11.6 Å². The predicted octanol–water partition coefficient (Wildman–Crippen LogP) is 3.32. The van der Waals surface area contributed by atoms with Gasteiger partial charge < -0.3 is 14.4 Å². The lowest BCUT2D eigenvalue weighted by Gasteiger charge is -2.19. The van der Waals surface area contributed by atoms with Gasteiger partial charge in [0, 0.05) is 25.5 Å². The summed E-state index contributed by atoms with van der Waals surface area (Å²) in [5, 5.41) is 0. The van der Waals surface area contributed by atoms with E-state index in [0.717, 1.165) is 0 Å². The zero-order valence-corrected chi connectivity index (χ0v) is 15.9. The maximum absolute atomic E-state index is 14.9. The molecule has 150 valence electrons. The first-order valence-electron chi connectivity index (χ1n) is 10.0. The predicted molar refractivity (Wildman–Crippen MR) is 103 cm³/mol. The van der Waals surface area contributed by atoms with Crippen LogP contribution in [0.5, 0.6) is 11.6 Å². The van der Waals surface area contributed by atoms with Crippen molar-refractivity contribution in [2.45, 2.75) is 38.2 Å². The average Bonchev–Trinajstić information content (AvgIpc) is 3.39. The number of carbonyl (C=O) groups excluding carboxylic acids is 2. The Bertz CT molecular complexity index is 972. The van der Waals surface area contributed by atoms with E-state index in [2.05, 4.69) is 4.98 Å². The van der Waals surface area contributed by atoms with Gasteiger partial charge in [0.05, 0.1) is 24.1 Å². The van der Waals surface area contributed by atoms with Crippen LogP contribution in [0.4, 0.5) is 10.1 Å². The Labute approximate surface area is 167 Å². The van der Waals surface area contributed by atoms with E-state index < -0.39 is 11.9 Å². The zero-order valence-electron chi connectivity index (χ0n) is 15.9. The number of amides is 1. The van der Waals surface area contributed by atoms with E-state index in [0.29, 0.717) is 55.5 Å². The highest BCUT2D eigenvalue weighted by Crippen LogP contribution is 2.34. The van der Waals surface area contributed by atoms with Gasteiger partial charge in [0.15, 0.2) is 17.7 Å². The van der Waals surface area contributed by atoms with Crippen molar-refractivity contribution >= 4 is 17.4 Å². The summed E-state index contributed by atoms with van der Waals surface area (Å²) in [6.07, 6.45) is 4.55. The maximum atomic E-state index is 14.9. The fourth-order valence-electron chi connectivity index (χ4n) is 3.87. The molecule has 1 aromatic heterocycles. The highest BCUT2D eigenvalue weighted by Gasteiger charge is 2.37. The number of ether oxygens (including phenoxy) is 2. The van der Waals surface area contributed by atoms with Gasteiger partial charge in [-0.05, 0) is 42.9 Å². The Morgan fingerprint density at radius 2 is 1.97 bits per heavy atom. The fourth-order valence-corrected chi connectivity index (χ4v) is 3.87. The van der Waals surface area contributed by atoms with Gasteiger partial charge in [-0.3, -0.25) is 9.59 Å². The van der Waals surface area contributed by atoms with E-state index in [4.69, 9.17) is 9.47 Å². The summed E-state index contributed by atoms with van der Waals surface area (Å²) in [6.45, 7) is 1.02. The highest BCUT2D eigenvalue weighted by atomic mass is 19.1. The number of Topliss-reactive ketones (excluding diaryl/α,β-unsaturated/α-hetero) is 1. The van der Waals surface area contributed by atoms with Crippen LogP contribution in [-0.4, -0.2) is 35.9 Å². The molecule has 0 N–H and O–H groups in total. The lowest BCUT2D eigenvalue weighted by molar-refractivity contribution is -0.122. The molecular formula is C22H21FN2O4. The van der Waals surface area contributed by atoms with Crippen LogP contribution >= 0.6 is 0 Å². The molecule has 0 radical (unpaired) electrons. The number of ketones is 1. The molecule has 2 aliphatic carbocycles. The van der Waals surface area contributed by atoms with Crippen LogP contribution in [0.25, 0.3) is 0 Å². The number of halogens is 1. The van der Waals surface area contributed by atoms with Crippen LogP contribution in [0.1, 0.15) is 41.6 Å². The topological polar surface area (TPSA) is 68.7 Å². The minimum atomic E-state index is -0.710. The number of anilines is 1. The molecule has 1 amide bonds. The monoisotopic (exact) mass is 396 g/mol. The van der Waals surface area contributed by atoms with Gasteiger partial charge in [0.25, 0.3) is 5.91 Å². The van der Waals surface area contributed by atoms with Gasteiger partial charge in [-0.2, -0.15) is 0 Å². The fraction of sp³-hybridized carbons (Fsp3) is 0.409. The third-order valence-electron chi connectivity index (χ3n) is 5.71. The second-order valence-electron chi connectivity index (χ2n) is 7.83. The first-order valence-corrected chi connectivity index (χ1v) is 10.0. The van der Waals surface area contributed by atoms with Gasteiger partial charge >= 0.3 is 0 Å². The van der Waals surface area contributed by atoms with Crippen molar-refractivity contribution in [3.05, 3.63) is 47.4 Å². The number of carbonyl (C=O) groups is 2. The molecule has 0 spiro atoms. The molecule has 1 saturated heterocycles. The van der Waals surface area contributed by atoms with Crippen molar-refractivity contribution in [2.24, 2.45) is 5.92 Å². The molecule has 1 aliphatic heterocycles. The van der Waals surface area contributed by atoms with Crippen LogP contribution in [0, 0.1) is 11.7 Å². The standard InChI is InChI=1S/C22H21FN2O4/c23-21-16(6-3-14-4-7-17(26)20(14)21)25-10-9-18(22(25)27)29-15-5-8-19(24-11-15)28-12-13-1-2-13/h3,5-6,8,11,13,18H,1-2,4,7,9-10,12H2. The third kappa shape index (κ3) is 3.45. The third-order valence-corrected chi connectivity index (χ3v) is 5.71. The Balaban J connectivity index is 1.27. The Hall–Kier alpha value is -2.96. The number of benzene rings is 1. The smallest absolute Gasteiger partial charge is 0.268 e. The molecule has 7 heteroatoms. The van der Waals surface area contributed by atoms with E-state index in [-0.39, 0.29) is 22.9 Å². The minimum absolute atomic E-state index is 0.130. The summed E-state index contributed by atoms with van der Waals surface area (Å²) in [5.74, 6) is 0.529. The molecule has 1 unspecified atom stereocenters. The van der Waals surface area contributed by atoms with Crippen LogP contribution in [0.3, 0.4) is 0 Å². The summed E-state index contributed by atoms with van der Waals surface area (Å²) < 4.78 is 26.3. The Kier molecular flexibility index (Phi) is 4.45. The molecule has 2 fully saturated rings. The molecule has 1 aromatic carbocycles. The summed E-state index contributed by atoms with van der Waals surface area (Å²) in [6, 6.07) is 6.77. The lowest BCUT2D eigenvalue weighted by Crippen LogP contribution is -2.33. The number of nitrogens with zero attached hydrogens (tertiary/aromatic N) is 2. The van der Waals surface area contributed by atoms with Crippen LogP contribution in [0.2, 0.25) is 0 Å². The average molecular weight is 396 g/mol. The van der Waals surface area contributed by atoms with Crippen molar-refractivity contribution < 1.29 is 23.5 Å². The molecule has 1 saturated carbocycles. The molecule has 5 rings (SSSR count). The second kappa shape index (κ2) is 7.13. The largest absolute Gasteiger partial charge is 0.479 e. The Morgan fingerprint density at radius 3 is 2.72 bits per heavy atom. The summed E-state index contributed by atoms with van der Waals surface area (Å²) in [4.78, 5) is 30.4. The number of hydrogen-bond acceptors (Lipinski definition) is 5. The van der Waals surface area contributed by atoms with Crippen LogP contribution in [0.15, 0.2) is 30.5 Å². The van der Waals surface area contributed by atoms with Crippen molar-refractivity contribution in [1.29, 1.82) is 0 Å². The number of hydrogen-bond donors (Lipinski definition) is 0. The summed E-state index contributed by atoms with van der Waals surface area (Å²) in [5.41, 5.74) is 0.994. The summed E-state index contributed by atoms with van der Waals surface area (Å²) >= 11 is 0. The second-order valence-corrected chi connectivity index (χ2v) is 7.83. The van der Waals surface area contributed by atoms with Gasteiger partial charge in [-0.1, -0.05) is 6.07 Å². The van der Waals surface area contributed by atoms with Gasteiger partial charge in [-0.15, -0.1) is 0 Å². The quantitative estimate of drug-likeness (QED) is 0.749. The van der Waals surface area contributed by atoms with E-state index >= 15 is 0 Å². The van der Waals surface area contributed by atoms with Crippen molar-refractivity contribution in [2.75, 3.05) is 18.1 Å². The lowest BCUT2D eigenvalue weighted by atomic mass is 10.1. The number of aromatic nitrogens is 1. The van der Waals surface area contributed by atoms with Gasteiger partial charge in [-0.25, -0.2) is 9.37 Å². The number of aryl methyl sites for hydroxylation is 1. The Morgan fingerprint density at radius 1 is 1.10 bits per heavy atom. The van der Waals surface area contributed by atoms with Crippen LogP contribution < -0.4 is 14.4 Å². The molecular weight excluding hydrogens is 375 g/mol. The molecule has 2 heterocycles. The SMILES string of the molecule is O=C1CCc2ccc(N3CCC(Oc4ccc(OCC5CC5)nc4)C3=O)c(F)c21. The van der Waals surface area contributed by atoms with E-state index in [1.807, 2.05) is 0 Å². The molecule has 0 bridgehead atoms. The maximum Gasteiger partial charge on any atom is 0.268 e. The molecule has 3 aliphatic rings. The number of rotatable bonds is 6. The first-order chi connectivity index (χ1) is 14.1. The number of pyridine rings is 1. The van der Waals surface area contributed by atoms with Gasteiger partial charge in [0.2, 0.25) is 5.88 Å². The van der Waals surface area contributed by atoms with E-state index in [9.17, 15) is 14.0 Å². The van der Waals surface area contributed by atoms with Crippen LogP contribution in [-0.2, 0) is 11.2 Å². The highest BCUT2D eigenvalue weighted by molar-refractivity contribution is 6.04. The molecule has 29 heavy (non-hydrogen) atoms. The molecule has 1 atom stereocenters. The first kappa shape index (κ1) is 18.1. The molecule has 6 nitrogen and oxygen atoms in total. The van der Waals surface area contributed by atoms with Crippen molar-refractivity contribution in [3.63, 3.8) is 0 Å². The van der Waals surface area contributed by atoms with Crippen molar-refractivity contribution in [1.82, 2.24) is 4.98 Å². The van der Waals surface area contributed by atoms with E-state index in [1.54, 1.807) is 24.3 Å². The normalized spacial score (nSPS) is 20.9.